The average Bonchev–Trinajstić information content (AvgIpc) is 3.58. The molecule has 1 aliphatic heterocycles. The molecular weight excluding hydrogens is 550 g/mol. The predicted octanol–water partition coefficient (Wildman–Crippen LogP) is 7.34. The molecule has 0 fully saturated rings. The standard InChI is InChI=1S/C34H31NO8/c1-17(2)41-28-12-20(7-8-23(28)37-5)30-31-22-14-26-27(40-16-39-26)15-24(22)43-34(36)33(31)35-10-9-19-11-29(42-18(3)4)25(38-6)13-21(19)32(30)35/h7-15,17-18H,16H2,1-6H3. The highest BCUT2D eigenvalue weighted by molar-refractivity contribution is 6.22. The molecule has 0 radical (unpaired) electrons. The lowest BCUT2D eigenvalue weighted by Crippen LogP contribution is -2.07. The van der Waals surface area contributed by atoms with Crippen LogP contribution in [0.4, 0.5) is 0 Å². The smallest absolute Gasteiger partial charge is 0.361 e. The van der Waals surface area contributed by atoms with Gasteiger partial charge in [0.25, 0.3) is 0 Å². The summed E-state index contributed by atoms with van der Waals surface area (Å²) in [5.74, 6) is 3.55. The van der Waals surface area contributed by atoms with Crippen molar-refractivity contribution in [2.24, 2.45) is 0 Å². The Labute approximate surface area is 247 Å². The van der Waals surface area contributed by atoms with Crippen molar-refractivity contribution in [3.8, 4) is 45.6 Å². The zero-order chi connectivity index (χ0) is 30.0. The van der Waals surface area contributed by atoms with Crippen LogP contribution in [0.15, 0.2) is 63.9 Å². The molecule has 3 aromatic carbocycles. The molecule has 9 nitrogen and oxygen atoms in total. The molecule has 3 aromatic heterocycles. The van der Waals surface area contributed by atoms with Crippen molar-refractivity contribution in [1.82, 2.24) is 4.40 Å². The van der Waals surface area contributed by atoms with Crippen LogP contribution in [0, 0.1) is 0 Å². The Morgan fingerprint density at radius 1 is 0.744 bits per heavy atom. The molecule has 0 unspecified atom stereocenters. The number of benzene rings is 3. The van der Waals surface area contributed by atoms with Gasteiger partial charge in [0.1, 0.15) is 11.1 Å². The van der Waals surface area contributed by atoms with Gasteiger partial charge in [0, 0.05) is 34.0 Å². The molecule has 0 N–H and O–H groups in total. The van der Waals surface area contributed by atoms with Crippen molar-refractivity contribution in [1.29, 1.82) is 0 Å². The molecule has 6 aromatic rings. The number of aromatic nitrogens is 1. The van der Waals surface area contributed by atoms with Gasteiger partial charge in [0.05, 0.1) is 31.9 Å². The van der Waals surface area contributed by atoms with E-state index in [1.54, 1.807) is 20.3 Å². The summed E-state index contributed by atoms with van der Waals surface area (Å²) in [6, 6.07) is 15.3. The van der Waals surface area contributed by atoms with Crippen molar-refractivity contribution in [3.05, 3.63) is 65.1 Å². The summed E-state index contributed by atoms with van der Waals surface area (Å²) in [4.78, 5) is 13.8. The van der Waals surface area contributed by atoms with Gasteiger partial charge in [0.15, 0.2) is 34.5 Å². The van der Waals surface area contributed by atoms with Crippen LogP contribution in [-0.2, 0) is 0 Å². The SMILES string of the molecule is COc1ccc(-c2c3c4cc5c(cc4oc(=O)c3n3ccc4cc(OC(C)C)c(OC)cc4c23)OCO5)cc1OC(C)C. The number of fused-ring (bicyclic) bond motifs is 8. The fourth-order valence-corrected chi connectivity index (χ4v) is 5.86. The van der Waals surface area contributed by atoms with Gasteiger partial charge in [-0.25, -0.2) is 4.79 Å². The lowest BCUT2D eigenvalue weighted by Gasteiger charge is -2.16. The maximum absolute atomic E-state index is 13.8. The molecule has 0 atom stereocenters. The van der Waals surface area contributed by atoms with E-state index in [1.807, 2.05) is 80.8 Å². The van der Waals surface area contributed by atoms with Gasteiger partial charge in [-0.1, -0.05) is 6.07 Å². The molecular formula is C34H31NO8. The number of pyridine rings is 1. The van der Waals surface area contributed by atoms with E-state index in [-0.39, 0.29) is 19.0 Å². The van der Waals surface area contributed by atoms with Crippen LogP contribution in [0.3, 0.4) is 0 Å². The minimum absolute atomic E-state index is 0.0378. The third-order valence-electron chi connectivity index (χ3n) is 7.52. The zero-order valence-corrected chi connectivity index (χ0v) is 24.8. The van der Waals surface area contributed by atoms with Crippen molar-refractivity contribution in [3.63, 3.8) is 0 Å². The molecule has 1 aliphatic rings. The number of hydrogen-bond donors (Lipinski definition) is 0. The first-order valence-corrected chi connectivity index (χ1v) is 14.1. The normalized spacial score (nSPS) is 12.7. The van der Waals surface area contributed by atoms with Crippen molar-refractivity contribution in [2.45, 2.75) is 39.9 Å². The summed E-state index contributed by atoms with van der Waals surface area (Å²) in [5, 5.41) is 3.24. The molecule has 43 heavy (non-hydrogen) atoms. The molecule has 0 saturated heterocycles. The highest BCUT2D eigenvalue weighted by Crippen LogP contribution is 2.47. The van der Waals surface area contributed by atoms with E-state index in [2.05, 4.69) is 0 Å². The average molecular weight is 582 g/mol. The van der Waals surface area contributed by atoms with Crippen LogP contribution in [0.25, 0.3) is 49.3 Å². The molecule has 9 heteroatoms. The van der Waals surface area contributed by atoms with E-state index in [0.29, 0.717) is 45.6 Å². The Morgan fingerprint density at radius 3 is 2.14 bits per heavy atom. The fourth-order valence-electron chi connectivity index (χ4n) is 5.86. The molecule has 7 rings (SSSR count). The summed E-state index contributed by atoms with van der Waals surface area (Å²) in [7, 11) is 3.23. The second kappa shape index (κ2) is 10.0. The van der Waals surface area contributed by atoms with Gasteiger partial charge in [-0.2, -0.15) is 0 Å². The Kier molecular flexibility index (Phi) is 6.27. The first kappa shape index (κ1) is 26.8. The van der Waals surface area contributed by atoms with Gasteiger partial charge < -0.3 is 37.2 Å². The maximum Gasteiger partial charge on any atom is 0.361 e. The number of hydrogen-bond acceptors (Lipinski definition) is 8. The van der Waals surface area contributed by atoms with E-state index in [9.17, 15) is 4.79 Å². The molecule has 0 bridgehead atoms. The molecule has 0 spiro atoms. The van der Waals surface area contributed by atoms with Crippen molar-refractivity contribution >= 4 is 38.2 Å². The summed E-state index contributed by atoms with van der Waals surface area (Å²) in [5.41, 5.74) is 2.80. The Hall–Kier alpha value is -5.05. The second-order valence-electron chi connectivity index (χ2n) is 11.0. The molecule has 0 aliphatic carbocycles. The topological polar surface area (TPSA) is 90.0 Å². The van der Waals surface area contributed by atoms with Gasteiger partial charge in [-0.15, -0.1) is 0 Å². The second-order valence-corrected chi connectivity index (χ2v) is 11.0. The van der Waals surface area contributed by atoms with Gasteiger partial charge in [0.2, 0.25) is 6.79 Å². The van der Waals surface area contributed by atoms with Gasteiger partial charge >= 0.3 is 5.63 Å². The Morgan fingerprint density at radius 2 is 1.44 bits per heavy atom. The van der Waals surface area contributed by atoms with Gasteiger partial charge in [-0.05, 0) is 75.0 Å². The minimum atomic E-state index is -0.471. The summed E-state index contributed by atoms with van der Waals surface area (Å²) < 4.78 is 42.7. The van der Waals surface area contributed by atoms with Gasteiger partial charge in [-0.3, -0.25) is 0 Å². The van der Waals surface area contributed by atoms with Crippen LogP contribution in [0.1, 0.15) is 27.7 Å². The molecule has 0 amide bonds. The lowest BCUT2D eigenvalue weighted by atomic mass is 9.98. The van der Waals surface area contributed by atoms with E-state index in [1.165, 1.54) is 0 Å². The monoisotopic (exact) mass is 581 g/mol. The molecule has 4 heterocycles. The number of rotatable bonds is 7. The first-order chi connectivity index (χ1) is 20.8. The number of nitrogens with zero attached hydrogens (tertiary/aromatic N) is 1. The van der Waals surface area contributed by atoms with Crippen LogP contribution >= 0.6 is 0 Å². The van der Waals surface area contributed by atoms with E-state index < -0.39 is 5.63 Å². The largest absolute Gasteiger partial charge is 0.493 e. The van der Waals surface area contributed by atoms with E-state index in [4.69, 9.17) is 32.8 Å². The van der Waals surface area contributed by atoms with Crippen LogP contribution < -0.4 is 34.0 Å². The summed E-state index contributed by atoms with van der Waals surface area (Å²) in [6.45, 7) is 7.98. The molecule has 220 valence electrons. The van der Waals surface area contributed by atoms with Crippen LogP contribution in [-0.4, -0.2) is 37.6 Å². The number of ether oxygens (including phenoxy) is 6. The third-order valence-corrected chi connectivity index (χ3v) is 7.52. The first-order valence-electron chi connectivity index (χ1n) is 14.1. The Balaban J connectivity index is 1.67. The quantitative estimate of drug-likeness (QED) is 0.181. The fraction of sp³-hybridized carbons (Fsp3) is 0.265. The highest BCUT2D eigenvalue weighted by Gasteiger charge is 2.26. The summed E-state index contributed by atoms with van der Waals surface area (Å²) >= 11 is 0. The zero-order valence-electron chi connectivity index (χ0n) is 24.8. The third kappa shape index (κ3) is 4.26. The van der Waals surface area contributed by atoms with Crippen LogP contribution in [0.5, 0.6) is 34.5 Å². The lowest BCUT2D eigenvalue weighted by molar-refractivity contribution is 0.174. The summed E-state index contributed by atoms with van der Waals surface area (Å²) in [6.07, 6.45) is 1.77. The van der Waals surface area contributed by atoms with E-state index >= 15 is 0 Å². The van der Waals surface area contributed by atoms with E-state index in [0.717, 1.165) is 38.2 Å². The highest BCUT2D eigenvalue weighted by atomic mass is 16.7. The molecule has 0 saturated carbocycles. The van der Waals surface area contributed by atoms with Crippen molar-refractivity contribution < 1.29 is 32.8 Å². The predicted molar refractivity (Wildman–Crippen MR) is 165 cm³/mol. The Bertz CT molecular complexity index is 2120. The van der Waals surface area contributed by atoms with Crippen molar-refractivity contribution in [2.75, 3.05) is 21.0 Å². The van der Waals surface area contributed by atoms with Crippen LogP contribution in [0.2, 0.25) is 0 Å². The number of methoxy groups -OCH3 is 2. The minimum Gasteiger partial charge on any atom is -0.493 e. The maximum atomic E-state index is 13.8.